The van der Waals surface area contributed by atoms with Crippen LogP contribution >= 0.6 is 0 Å². The molecule has 5 unspecified atom stereocenters. The van der Waals surface area contributed by atoms with Crippen LogP contribution in [0.1, 0.15) is 287 Å². The van der Waals surface area contributed by atoms with Crippen molar-refractivity contribution in [3.63, 3.8) is 0 Å². The van der Waals surface area contributed by atoms with Gasteiger partial charge in [0.2, 0.25) is 11.6 Å². The van der Waals surface area contributed by atoms with Crippen molar-refractivity contribution in [2.24, 2.45) is 112 Å². The summed E-state index contributed by atoms with van der Waals surface area (Å²) in [4.78, 5) is 107. The van der Waals surface area contributed by atoms with Gasteiger partial charge in [0.05, 0.1) is 40.5 Å². The first-order valence-corrected chi connectivity index (χ1v) is 44.5. The van der Waals surface area contributed by atoms with Crippen molar-refractivity contribution in [1.29, 1.82) is 10.5 Å². The number of carboxylic acid groups (broad SMARTS) is 2. The molecule has 10 aliphatic carbocycles. The van der Waals surface area contributed by atoms with Crippen LogP contribution < -0.4 is 0 Å². The third-order valence-electron chi connectivity index (χ3n) is 35.0. The molecule has 650 valence electrons. The van der Waals surface area contributed by atoms with Gasteiger partial charge in [-0.1, -0.05) is 96.9 Å². The number of aromatic nitrogens is 10. The lowest BCUT2D eigenvalue weighted by Crippen LogP contribution is -2.66. The molecule has 0 spiro atoms. The van der Waals surface area contributed by atoms with E-state index < -0.39 is 75.7 Å². The van der Waals surface area contributed by atoms with Gasteiger partial charge in [-0.05, 0) is 254 Å². The maximum atomic E-state index is 15.1. The monoisotopic (exact) mass is 1650 g/mol. The number of Topliss-reactive ketones (excluding diaryl/α,β-unsaturated/α-hetero) is 2. The minimum Gasteiger partial charge on any atom is -0.481 e. The van der Waals surface area contributed by atoms with Gasteiger partial charge in [0.15, 0.2) is 34.9 Å². The maximum Gasteiger partial charge on any atom is 0.310 e. The molecule has 0 saturated heterocycles. The highest BCUT2D eigenvalue weighted by Crippen LogP contribution is 2.80. The molecule has 0 amide bonds. The number of aliphatic carboxylic acids is 2. The summed E-state index contributed by atoms with van der Waals surface area (Å²) < 4.78 is 16.6. The fraction of sp³-hybridized carbons (Fsp3) is 0.745. The van der Waals surface area contributed by atoms with Crippen LogP contribution in [0.15, 0.2) is 40.9 Å². The number of rotatable bonds is 24. The Balaban J connectivity index is 0.690. The van der Waals surface area contributed by atoms with Crippen molar-refractivity contribution in [2.45, 2.75) is 290 Å². The lowest BCUT2D eigenvalue weighted by Gasteiger charge is -2.72. The van der Waals surface area contributed by atoms with Crippen LogP contribution in [0.4, 0.5) is 0 Å². The highest BCUT2D eigenvalue weighted by molar-refractivity contribution is 6.01. The number of hydrogen-bond donors (Lipinski definition) is 4. The Morgan fingerprint density at radius 1 is 0.533 bits per heavy atom. The second kappa shape index (κ2) is 30.7. The quantitative estimate of drug-likeness (QED) is 0.0473. The van der Waals surface area contributed by atoms with E-state index in [1.807, 2.05) is 47.1 Å². The van der Waals surface area contributed by atoms with Crippen LogP contribution in [-0.4, -0.2) is 169 Å². The van der Waals surface area contributed by atoms with Crippen molar-refractivity contribution < 1.29 is 58.7 Å². The van der Waals surface area contributed by atoms with Crippen LogP contribution in [0.3, 0.4) is 0 Å². The normalized spacial score (nSPS) is 34.6. The molecule has 8 fully saturated rings. The number of allylic oxidation sites excluding steroid dienone is 2. The van der Waals surface area contributed by atoms with Crippen LogP contribution in [-0.2, 0) is 57.8 Å². The zero-order valence-corrected chi connectivity index (χ0v) is 75.2. The van der Waals surface area contributed by atoms with Crippen molar-refractivity contribution in [2.75, 3.05) is 41.3 Å². The Bertz CT molecular complexity index is 4930. The minimum absolute atomic E-state index is 0.000211. The highest BCUT2D eigenvalue weighted by atomic mass is 16.5. The number of aliphatic hydroxyl groups is 2. The van der Waals surface area contributed by atoms with Gasteiger partial charge in [0, 0.05) is 85.7 Å². The van der Waals surface area contributed by atoms with Crippen LogP contribution in [0.25, 0.3) is 23.3 Å². The summed E-state index contributed by atoms with van der Waals surface area (Å²) in [7, 11) is 7.83. The van der Waals surface area contributed by atoms with E-state index in [9.17, 15) is 54.9 Å². The molecule has 19 atom stereocenters. The number of nitriles is 2. The van der Waals surface area contributed by atoms with Gasteiger partial charge < -0.3 is 48.8 Å². The summed E-state index contributed by atoms with van der Waals surface area (Å²) in [5.41, 5.74) is -2.92. The average molecular weight is 1650 g/mol. The van der Waals surface area contributed by atoms with E-state index >= 15 is 4.79 Å². The summed E-state index contributed by atoms with van der Waals surface area (Å²) in [5, 5.41) is 87.4. The van der Waals surface area contributed by atoms with E-state index in [-0.39, 0.29) is 164 Å². The number of carbonyl (C=O) groups is 6. The van der Waals surface area contributed by atoms with Gasteiger partial charge in [-0.25, -0.2) is 19.9 Å². The van der Waals surface area contributed by atoms with Gasteiger partial charge in [-0.15, -0.1) is 20.4 Å². The minimum atomic E-state index is -1.82. The van der Waals surface area contributed by atoms with Crippen molar-refractivity contribution >= 4 is 35.4 Å². The van der Waals surface area contributed by atoms with Crippen molar-refractivity contribution in [1.82, 2.24) is 59.3 Å². The lowest BCUT2D eigenvalue weighted by atomic mass is 9.33. The van der Waals surface area contributed by atoms with Gasteiger partial charge in [-0.2, -0.15) is 10.5 Å². The predicted molar refractivity (Wildman–Crippen MR) is 447 cm³/mol. The van der Waals surface area contributed by atoms with Crippen molar-refractivity contribution in [3.05, 3.63) is 69.4 Å². The Kier molecular flexibility index (Phi) is 22.6. The number of hydrogen-bond acceptors (Lipinski definition) is 22. The van der Waals surface area contributed by atoms with Gasteiger partial charge in [-0.3, -0.25) is 28.8 Å². The maximum absolute atomic E-state index is 15.1. The van der Waals surface area contributed by atoms with E-state index in [0.29, 0.717) is 68.4 Å². The molecular weight excluding hydrogens is 1520 g/mol. The van der Waals surface area contributed by atoms with E-state index in [4.69, 9.17) is 34.7 Å². The number of ether oxygens (including phenoxy) is 2. The molecule has 10 aliphatic rings. The van der Waals surface area contributed by atoms with E-state index in [1.165, 1.54) is 25.5 Å². The second-order valence-electron chi connectivity index (χ2n) is 43.5. The molecule has 14 rings (SSSR count). The summed E-state index contributed by atoms with van der Waals surface area (Å²) in [5.74, 6) is -1.14. The summed E-state index contributed by atoms with van der Waals surface area (Å²) in [6, 6.07) is 4.27. The summed E-state index contributed by atoms with van der Waals surface area (Å²) >= 11 is 0. The SMILES string of the molecule is CC(C)C1=C2[C@H]3CCC4[C@@]5(C)CC[C@H](OC(=O)CC(C)(Cc6nc(-c7nnc([C@H](O)[C@@]89CC[C@]%10(C)[C@H](CCC%11[C@@]%12(C)CC[C@H](OC(=O)CC(C)(C)C(=O)O)C(C)(C)C%12CC[C@]%11%10C)C8=C(C(C)C)C(=O)C9)n7CCN(C)C)ncc6C#N)C(=O)O)C(C)(C)C5CC[C@@]4(C)[C@]3(C)CC[C@@]2([C@H](O)c2nnc(-c3ncc(C#N)cn3)n2CCN(C)C)CC1=O. The Labute approximate surface area is 708 Å². The molecule has 0 bridgehead atoms. The Morgan fingerprint density at radius 2 is 0.958 bits per heavy atom. The molecule has 4 aromatic heterocycles. The first-order chi connectivity index (χ1) is 56.1. The molecule has 0 aliphatic heterocycles. The molecule has 4 N–H and O–H groups in total. The predicted octanol–water partition coefficient (Wildman–Crippen LogP) is 14.7. The number of fused-ring (bicyclic) bond motifs is 14. The zero-order valence-electron chi connectivity index (χ0n) is 75.2. The Hall–Kier alpha value is -8.04. The number of carboxylic acids is 2. The molecule has 0 radical (unpaired) electrons. The topological polar surface area (TPSA) is 369 Å². The highest BCUT2D eigenvalue weighted by Gasteiger charge is 2.74. The number of likely N-dealkylation sites (N-methyl/N-ethyl adjacent to an activating group) is 2. The largest absolute Gasteiger partial charge is 0.481 e. The van der Waals surface area contributed by atoms with Crippen LogP contribution in [0.5, 0.6) is 0 Å². The zero-order chi connectivity index (χ0) is 87.5. The lowest BCUT2D eigenvalue weighted by molar-refractivity contribution is -0.235. The molecule has 0 aromatic carbocycles. The molecule has 4 heterocycles. The first-order valence-electron chi connectivity index (χ1n) is 44.5. The van der Waals surface area contributed by atoms with Crippen LogP contribution in [0.2, 0.25) is 0 Å². The Morgan fingerprint density at radius 3 is 1.36 bits per heavy atom. The van der Waals surface area contributed by atoms with Crippen molar-refractivity contribution in [3.8, 4) is 35.4 Å². The van der Waals surface area contributed by atoms with Gasteiger partial charge in [0.1, 0.15) is 36.6 Å². The average Bonchev–Trinajstić information content (AvgIpc) is 1.23. The molecule has 26 nitrogen and oxygen atoms in total. The third kappa shape index (κ3) is 13.6. The number of aliphatic hydroxyl groups excluding tert-OH is 2. The molecule has 4 aromatic rings. The third-order valence-corrected chi connectivity index (χ3v) is 35.0. The number of ketones is 2. The number of carbonyl (C=O) groups excluding carboxylic acids is 4. The van der Waals surface area contributed by atoms with Gasteiger partial charge in [0.25, 0.3) is 0 Å². The number of nitrogens with zero attached hydrogens (tertiary/aromatic N) is 14. The molecular formula is C94H132N14O12. The molecule has 120 heavy (non-hydrogen) atoms. The summed E-state index contributed by atoms with van der Waals surface area (Å²) in [6.45, 7) is 38.4. The smallest absolute Gasteiger partial charge is 0.310 e. The van der Waals surface area contributed by atoms with E-state index in [1.54, 1.807) is 13.8 Å². The molecule has 26 heteroatoms. The number of esters is 2. The fourth-order valence-electron chi connectivity index (χ4n) is 28.3. The second-order valence-corrected chi connectivity index (χ2v) is 43.5. The summed E-state index contributed by atoms with van der Waals surface area (Å²) in [6.07, 6.45) is 12.7. The van der Waals surface area contributed by atoms with Gasteiger partial charge >= 0.3 is 23.9 Å². The van der Waals surface area contributed by atoms with Crippen LogP contribution in [0, 0.1) is 135 Å². The standard InChI is InChI=1S/C94H132N14O12/c1-52(2)69-59(109)43-93(73(113)77-101-103-79(107(77)40-38-105(18)19)75-97-49-54(47-95)50-98-75)36-34-89(14)56(71(69)93)22-25-64-88(13)31-29-66(85(9,10)62(88)27-33-92(64,89)17)120-68(112)46-86(11,82(117)118)42-58-55(48-96)51-99-76(100-58)80-104-102-78(108(80)41-39-106(20)21)74(114)94-37-35-90(15)57(72(94)70(53(3)4)60(110)44-94)23-24-63-87(12)30-28-65(119-67(111)45-83(5,6)81(115)116)84(7,8)61(87)26-32-91(63,90)16/h49-53,56-57,61-66,73-74,113-114H,22-46H2,1-21H3,(H,115,116)(H,117,118)/t56-,57-,61?,62?,63?,64?,65+,66+,73-,74+,86?,87+,88+,89-,90-,91-,92-,93-,94-/m1/s1. The fourth-order valence-corrected chi connectivity index (χ4v) is 28.3. The first kappa shape index (κ1) is 88.3. The molecule has 8 saturated carbocycles. The van der Waals surface area contributed by atoms with E-state index in [2.05, 4.69) is 124 Å². The van der Waals surface area contributed by atoms with E-state index in [0.717, 1.165) is 99.3 Å².